The first kappa shape index (κ1) is 18.9. The van der Waals surface area contributed by atoms with Crippen LogP contribution in [0.25, 0.3) is 0 Å². The standard InChI is InChI=1S/C24H23N3O2/c1-15(28)27-20-7-5-4-6-18(20)26-19-12-24(2,3)13-21(29)22(19)23(27)17-10-8-16(14-25)9-11-17/h4-11,23,26H,12-13H2,1-3H3. The molecule has 4 rings (SSSR count). The molecule has 1 atom stereocenters. The Kier molecular flexibility index (Phi) is 4.50. The van der Waals surface area contributed by atoms with Gasteiger partial charge in [0.2, 0.25) is 5.91 Å². The number of Topliss-reactive ketones (excluding diaryl/α,β-unsaturated/α-hetero) is 1. The Hall–Kier alpha value is -3.39. The van der Waals surface area contributed by atoms with E-state index in [2.05, 4.69) is 25.2 Å². The first-order chi connectivity index (χ1) is 13.8. The monoisotopic (exact) mass is 385 g/mol. The number of para-hydroxylation sites is 2. The zero-order valence-electron chi connectivity index (χ0n) is 16.8. The van der Waals surface area contributed by atoms with Crippen molar-refractivity contribution in [2.45, 2.75) is 39.7 Å². The predicted octanol–water partition coefficient (Wildman–Crippen LogP) is 4.72. The number of fused-ring (bicyclic) bond motifs is 1. The number of carbonyl (C=O) groups excluding carboxylic acids is 2. The Bertz CT molecular complexity index is 1070. The van der Waals surface area contributed by atoms with E-state index in [4.69, 9.17) is 5.26 Å². The lowest BCUT2D eigenvalue weighted by Crippen LogP contribution is -2.38. The summed E-state index contributed by atoms with van der Waals surface area (Å²) in [4.78, 5) is 27.9. The van der Waals surface area contributed by atoms with Crippen molar-refractivity contribution < 1.29 is 9.59 Å². The topological polar surface area (TPSA) is 73.2 Å². The van der Waals surface area contributed by atoms with Gasteiger partial charge in [-0.05, 0) is 41.7 Å². The van der Waals surface area contributed by atoms with E-state index in [0.29, 0.717) is 17.6 Å². The lowest BCUT2D eigenvalue weighted by Gasteiger charge is -2.36. The van der Waals surface area contributed by atoms with Gasteiger partial charge in [-0.2, -0.15) is 5.26 Å². The van der Waals surface area contributed by atoms with Gasteiger partial charge in [-0.1, -0.05) is 38.1 Å². The second-order valence-corrected chi connectivity index (χ2v) is 8.50. The number of nitrogens with zero attached hydrogens (tertiary/aromatic N) is 2. The van der Waals surface area contributed by atoms with Crippen LogP contribution in [0, 0.1) is 16.7 Å². The summed E-state index contributed by atoms with van der Waals surface area (Å²) in [5.41, 5.74) is 4.28. The highest BCUT2D eigenvalue weighted by atomic mass is 16.2. The normalized spacial score (nSPS) is 20.1. The van der Waals surface area contributed by atoms with E-state index in [9.17, 15) is 9.59 Å². The van der Waals surface area contributed by atoms with Crippen LogP contribution < -0.4 is 10.2 Å². The van der Waals surface area contributed by atoms with Crippen molar-refractivity contribution in [1.29, 1.82) is 5.26 Å². The van der Waals surface area contributed by atoms with Gasteiger partial charge >= 0.3 is 0 Å². The maximum Gasteiger partial charge on any atom is 0.224 e. The van der Waals surface area contributed by atoms with Gasteiger partial charge in [0.15, 0.2) is 5.78 Å². The number of nitriles is 1. The Morgan fingerprint density at radius 1 is 1.14 bits per heavy atom. The van der Waals surface area contributed by atoms with E-state index in [1.807, 2.05) is 36.4 Å². The Balaban J connectivity index is 1.99. The number of ketones is 1. The first-order valence-electron chi connectivity index (χ1n) is 9.73. The third-order valence-corrected chi connectivity index (χ3v) is 5.60. The van der Waals surface area contributed by atoms with Crippen molar-refractivity contribution in [3.05, 3.63) is 70.9 Å². The summed E-state index contributed by atoms with van der Waals surface area (Å²) in [6.45, 7) is 5.70. The van der Waals surface area contributed by atoms with Crippen LogP contribution in [0.2, 0.25) is 0 Å². The molecule has 1 heterocycles. The van der Waals surface area contributed by atoms with Gasteiger partial charge in [0.25, 0.3) is 0 Å². The van der Waals surface area contributed by atoms with E-state index < -0.39 is 6.04 Å². The quantitative estimate of drug-likeness (QED) is 0.771. The molecule has 0 saturated heterocycles. The van der Waals surface area contributed by atoms with E-state index in [1.165, 1.54) is 6.92 Å². The zero-order chi connectivity index (χ0) is 20.8. The van der Waals surface area contributed by atoms with Gasteiger partial charge in [0.05, 0.1) is 29.0 Å². The summed E-state index contributed by atoms with van der Waals surface area (Å²) < 4.78 is 0. The number of amides is 1. The Morgan fingerprint density at radius 2 is 1.83 bits per heavy atom. The molecule has 0 bridgehead atoms. The zero-order valence-corrected chi connectivity index (χ0v) is 16.8. The SMILES string of the molecule is CC(=O)N1c2ccccc2NC2=C(C(=O)CC(C)(C)C2)C1c1ccc(C#N)cc1. The average molecular weight is 385 g/mol. The minimum absolute atomic E-state index is 0.0529. The van der Waals surface area contributed by atoms with Crippen molar-refractivity contribution in [3.8, 4) is 6.07 Å². The number of hydrogen-bond donors (Lipinski definition) is 1. The smallest absolute Gasteiger partial charge is 0.224 e. The van der Waals surface area contributed by atoms with Crippen molar-refractivity contribution in [2.75, 3.05) is 10.2 Å². The van der Waals surface area contributed by atoms with E-state index >= 15 is 0 Å². The van der Waals surface area contributed by atoms with Crippen molar-refractivity contribution in [3.63, 3.8) is 0 Å². The summed E-state index contributed by atoms with van der Waals surface area (Å²) in [6.07, 6.45) is 1.16. The summed E-state index contributed by atoms with van der Waals surface area (Å²) in [7, 11) is 0. The van der Waals surface area contributed by atoms with E-state index in [1.54, 1.807) is 17.0 Å². The summed E-state index contributed by atoms with van der Waals surface area (Å²) in [5, 5.41) is 12.6. The van der Waals surface area contributed by atoms with Gasteiger partial charge in [0, 0.05) is 24.6 Å². The molecular weight excluding hydrogens is 362 g/mol. The minimum atomic E-state index is -0.532. The number of nitrogens with one attached hydrogen (secondary N) is 1. The van der Waals surface area contributed by atoms with Gasteiger partial charge in [-0.3, -0.25) is 14.5 Å². The molecule has 0 aromatic heterocycles. The van der Waals surface area contributed by atoms with Crippen LogP contribution in [0.1, 0.15) is 50.8 Å². The lowest BCUT2D eigenvalue weighted by atomic mass is 9.73. The molecule has 5 nitrogen and oxygen atoms in total. The molecule has 5 heteroatoms. The molecule has 2 aromatic carbocycles. The molecule has 146 valence electrons. The molecule has 0 saturated carbocycles. The molecule has 0 fully saturated rings. The molecule has 29 heavy (non-hydrogen) atoms. The summed E-state index contributed by atoms with van der Waals surface area (Å²) in [5.74, 6) is -0.0860. The predicted molar refractivity (Wildman–Crippen MR) is 112 cm³/mol. The third kappa shape index (κ3) is 3.31. The van der Waals surface area contributed by atoms with Crippen LogP contribution in [0.15, 0.2) is 59.8 Å². The lowest BCUT2D eigenvalue weighted by molar-refractivity contribution is -0.118. The van der Waals surface area contributed by atoms with Crippen molar-refractivity contribution in [2.24, 2.45) is 5.41 Å². The molecule has 0 spiro atoms. The average Bonchev–Trinajstić information content (AvgIpc) is 2.81. The highest BCUT2D eigenvalue weighted by molar-refractivity contribution is 6.05. The number of benzene rings is 2. The fourth-order valence-electron chi connectivity index (χ4n) is 4.39. The Labute approximate surface area is 170 Å². The summed E-state index contributed by atoms with van der Waals surface area (Å²) in [6, 6.07) is 16.4. The molecule has 1 N–H and O–H groups in total. The van der Waals surface area contributed by atoms with Gasteiger partial charge in [-0.25, -0.2) is 0 Å². The number of anilines is 2. The maximum absolute atomic E-state index is 13.3. The first-order valence-corrected chi connectivity index (χ1v) is 9.73. The molecule has 1 unspecified atom stereocenters. The molecule has 2 aliphatic rings. The fourth-order valence-corrected chi connectivity index (χ4v) is 4.39. The molecule has 2 aromatic rings. The van der Waals surface area contributed by atoms with Crippen LogP contribution in [0.4, 0.5) is 11.4 Å². The molecule has 1 aliphatic heterocycles. The molecule has 1 aliphatic carbocycles. The maximum atomic E-state index is 13.3. The van der Waals surface area contributed by atoms with Crippen molar-refractivity contribution in [1.82, 2.24) is 0 Å². The van der Waals surface area contributed by atoms with Crippen LogP contribution in [0.3, 0.4) is 0 Å². The Morgan fingerprint density at radius 3 is 2.48 bits per heavy atom. The molecule has 0 radical (unpaired) electrons. The van der Waals surface area contributed by atoms with Crippen LogP contribution in [-0.2, 0) is 9.59 Å². The van der Waals surface area contributed by atoms with Gasteiger partial charge in [0.1, 0.15) is 0 Å². The van der Waals surface area contributed by atoms with Crippen LogP contribution in [-0.4, -0.2) is 11.7 Å². The largest absolute Gasteiger partial charge is 0.357 e. The molecule has 1 amide bonds. The fraction of sp³-hybridized carbons (Fsp3) is 0.292. The van der Waals surface area contributed by atoms with Gasteiger partial charge < -0.3 is 5.32 Å². The second kappa shape index (κ2) is 6.89. The highest BCUT2D eigenvalue weighted by Crippen LogP contribution is 2.48. The van der Waals surface area contributed by atoms with Crippen LogP contribution >= 0.6 is 0 Å². The third-order valence-electron chi connectivity index (χ3n) is 5.60. The van der Waals surface area contributed by atoms with E-state index in [0.717, 1.165) is 29.1 Å². The number of hydrogen-bond acceptors (Lipinski definition) is 4. The minimum Gasteiger partial charge on any atom is -0.357 e. The van der Waals surface area contributed by atoms with Crippen molar-refractivity contribution >= 4 is 23.1 Å². The van der Waals surface area contributed by atoms with Gasteiger partial charge in [-0.15, -0.1) is 0 Å². The number of rotatable bonds is 1. The van der Waals surface area contributed by atoms with E-state index in [-0.39, 0.29) is 17.1 Å². The van der Waals surface area contributed by atoms with Crippen LogP contribution in [0.5, 0.6) is 0 Å². The summed E-state index contributed by atoms with van der Waals surface area (Å²) >= 11 is 0. The highest BCUT2D eigenvalue weighted by Gasteiger charge is 2.42. The molecular formula is C24H23N3O2. The number of allylic oxidation sites excluding steroid dienone is 1. The number of carbonyl (C=O) groups is 2. The second-order valence-electron chi connectivity index (χ2n) is 8.50.